The lowest BCUT2D eigenvalue weighted by Gasteiger charge is -2.17. The van der Waals surface area contributed by atoms with Crippen LogP contribution in [0.15, 0.2) is 0 Å². The van der Waals surface area contributed by atoms with Gasteiger partial charge in [-0.25, -0.2) is 0 Å². The number of nitrogens with zero attached hydrogens (tertiary/aromatic N) is 1. The first-order chi connectivity index (χ1) is 5.87. The van der Waals surface area contributed by atoms with E-state index in [4.69, 9.17) is 0 Å². The van der Waals surface area contributed by atoms with Crippen LogP contribution in [-0.4, -0.2) is 35.9 Å². The predicted octanol–water partition coefficient (Wildman–Crippen LogP) is 2.18. The first-order valence-corrected chi connectivity index (χ1v) is 4.85. The number of halogens is 4. The molecule has 0 saturated carbocycles. The third-order valence-corrected chi connectivity index (χ3v) is 1.97. The van der Waals surface area contributed by atoms with Crippen molar-refractivity contribution in [1.29, 1.82) is 0 Å². The fourth-order valence-electron chi connectivity index (χ4n) is 0.728. The summed E-state index contributed by atoms with van der Waals surface area (Å²) < 4.78 is 35.2. The molecule has 1 amide bonds. The van der Waals surface area contributed by atoms with E-state index in [9.17, 15) is 18.0 Å². The van der Waals surface area contributed by atoms with Crippen LogP contribution in [0.5, 0.6) is 0 Å². The van der Waals surface area contributed by atoms with Crippen LogP contribution in [0.2, 0.25) is 0 Å². The average Bonchev–Trinajstić information content (AvgIpc) is 1.96. The molecule has 13 heavy (non-hydrogen) atoms. The molecule has 0 spiro atoms. The molecule has 78 valence electrons. The number of alkyl halides is 4. The van der Waals surface area contributed by atoms with E-state index in [0.717, 1.165) is 4.90 Å². The van der Waals surface area contributed by atoms with Gasteiger partial charge in [0.25, 0.3) is 0 Å². The van der Waals surface area contributed by atoms with Gasteiger partial charge in [0, 0.05) is 18.9 Å². The van der Waals surface area contributed by atoms with Gasteiger partial charge in [0.2, 0.25) is 5.91 Å². The monoisotopic (exact) mass is 261 g/mol. The molecule has 0 aliphatic rings. The standard InChI is InChI=1S/C7H11BrF3NO/c1-12(4-2-3-8)6(13)5-7(9,10)11/h2-5H2,1H3. The van der Waals surface area contributed by atoms with E-state index in [0.29, 0.717) is 18.3 Å². The molecule has 0 N–H and O–H groups in total. The Hall–Kier alpha value is -0.260. The Morgan fingerprint density at radius 2 is 2.00 bits per heavy atom. The molecule has 0 aromatic rings. The summed E-state index contributed by atoms with van der Waals surface area (Å²) in [6.07, 6.45) is -5.12. The van der Waals surface area contributed by atoms with Crippen molar-refractivity contribution in [1.82, 2.24) is 4.90 Å². The van der Waals surface area contributed by atoms with Crippen LogP contribution in [0.3, 0.4) is 0 Å². The zero-order valence-corrected chi connectivity index (χ0v) is 8.78. The van der Waals surface area contributed by atoms with Gasteiger partial charge in [-0.2, -0.15) is 13.2 Å². The Morgan fingerprint density at radius 1 is 1.46 bits per heavy atom. The summed E-state index contributed by atoms with van der Waals surface area (Å²) in [6, 6.07) is 0. The fraction of sp³-hybridized carbons (Fsp3) is 0.857. The molecule has 0 saturated heterocycles. The highest BCUT2D eigenvalue weighted by Gasteiger charge is 2.32. The minimum Gasteiger partial charge on any atom is -0.345 e. The quantitative estimate of drug-likeness (QED) is 0.711. The maximum Gasteiger partial charge on any atom is 0.397 e. The number of carbonyl (C=O) groups excluding carboxylic acids is 1. The molecule has 0 atom stereocenters. The van der Waals surface area contributed by atoms with E-state index in [2.05, 4.69) is 15.9 Å². The molecule has 2 nitrogen and oxygen atoms in total. The average molecular weight is 262 g/mol. The Bertz CT molecular complexity index is 172. The number of hydrogen-bond donors (Lipinski definition) is 0. The maximum atomic E-state index is 11.7. The van der Waals surface area contributed by atoms with Crippen LogP contribution in [0.4, 0.5) is 13.2 Å². The molecule has 0 unspecified atom stereocenters. The van der Waals surface area contributed by atoms with E-state index < -0.39 is 18.5 Å². The topological polar surface area (TPSA) is 20.3 Å². The third-order valence-electron chi connectivity index (χ3n) is 1.40. The molecular weight excluding hydrogens is 251 g/mol. The van der Waals surface area contributed by atoms with E-state index in [1.54, 1.807) is 0 Å². The number of hydrogen-bond acceptors (Lipinski definition) is 1. The molecule has 0 fully saturated rings. The van der Waals surface area contributed by atoms with Crippen molar-refractivity contribution in [3.63, 3.8) is 0 Å². The second-order valence-corrected chi connectivity index (χ2v) is 3.44. The Morgan fingerprint density at radius 3 is 2.38 bits per heavy atom. The smallest absolute Gasteiger partial charge is 0.345 e. The summed E-state index contributed by atoms with van der Waals surface area (Å²) in [5.41, 5.74) is 0. The lowest BCUT2D eigenvalue weighted by atomic mass is 10.3. The van der Waals surface area contributed by atoms with Crippen LogP contribution in [0.25, 0.3) is 0 Å². The third kappa shape index (κ3) is 6.86. The maximum absolute atomic E-state index is 11.7. The molecule has 6 heteroatoms. The molecule has 0 heterocycles. The lowest BCUT2D eigenvalue weighted by molar-refractivity contribution is -0.160. The van der Waals surface area contributed by atoms with Crippen molar-refractivity contribution in [3.05, 3.63) is 0 Å². The van der Waals surface area contributed by atoms with E-state index in [1.165, 1.54) is 7.05 Å². The lowest BCUT2D eigenvalue weighted by Crippen LogP contribution is -2.31. The van der Waals surface area contributed by atoms with Crippen LogP contribution in [0.1, 0.15) is 12.8 Å². The summed E-state index contributed by atoms with van der Waals surface area (Å²) in [5, 5.41) is 0.677. The largest absolute Gasteiger partial charge is 0.397 e. The van der Waals surface area contributed by atoms with Gasteiger partial charge in [0.1, 0.15) is 6.42 Å². The van der Waals surface area contributed by atoms with Gasteiger partial charge >= 0.3 is 6.18 Å². The highest BCUT2D eigenvalue weighted by Crippen LogP contribution is 2.20. The minimum atomic E-state index is -4.40. The van der Waals surface area contributed by atoms with E-state index >= 15 is 0 Å². The molecule has 0 rings (SSSR count). The summed E-state index contributed by atoms with van der Waals surface area (Å²) >= 11 is 3.13. The van der Waals surface area contributed by atoms with Crippen molar-refractivity contribution < 1.29 is 18.0 Å². The van der Waals surface area contributed by atoms with Gasteiger partial charge in [-0.05, 0) is 6.42 Å². The van der Waals surface area contributed by atoms with Crippen LogP contribution >= 0.6 is 15.9 Å². The second kappa shape index (κ2) is 5.47. The van der Waals surface area contributed by atoms with Gasteiger partial charge < -0.3 is 4.90 Å². The van der Waals surface area contributed by atoms with Gasteiger partial charge in [-0.15, -0.1) is 0 Å². The highest BCUT2D eigenvalue weighted by atomic mass is 79.9. The summed E-state index contributed by atoms with van der Waals surface area (Å²) in [5.74, 6) is -0.881. The SMILES string of the molecule is CN(CCCBr)C(=O)CC(F)(F)F. The van der Waals surface area contributed by atoms with Crippen molar-refractivity contribution in [2.45, 2.75) is 19.0 Å². The zero-order chi connectivity index (χ0) is 10.5. The second-order valence-electron chi connectivity index (χ2n) is 2.65. The van der Waals surface area contributed by atoms with Crippen molar-refractivity contribution in [3.8, 4) is 0 Å². The van der Waals surface area contributed by atoms with Crippen molar-refractivity contribution in [2.75, 3.05) is 18.9 Å². The Kier molecular flexibility index (Phi) is 5.36. The first-order valence-electron chi connectivity index (χ1n) is 3.73. The van der Waals surface area contributed by atoms with Gasteiger partial charge in [-0.1, -0.05) is 15.9 Å². The first kappa shape index (κ1) is 12.7. The van der Waals surface area contributed by atoms with Gasteiger partial charge in [0.05, 0.1) is 0 Å². The van der Waals surface area contributed by atoms with Crippen molar-refractivity contribution >= 4 is 21.8 Å². The molecule has 0 aliphatic carbocycles. The molecule has 0 aromatic heterocycles. The van der Waals surface area contributed by atoms with E-state index in [-0.39, 0.29) is 0 Å². The van der Waals surface area contributed by atoms with Crippen molar-refractivity contribution in [2.24, 2.45) is 0 Å². The molecule has 0 aromatic carbocycles. The predicted molar refractivity (Wildman–Crippen MR) is 46.7 cm³/mol. The number of amides is 1. The summed E-state index contributed by atoms with van der Waals surface area (Å²) in [6.45, 7) is 0.347. The highest BCUT2D eigenvalue weighted by molar-refractivity contribution is 9.09. The summed E-state index contributed by atoms with van der Waals surface area (Å²) in [4.78, 5) is 11.9. The van der Waals surface area contributed by atoms with E-state index in [1.807, 2.05) is 0 Å². The number of carbonyl (C=O) groups is 1. The van der Waals surface area contributed by atoms with Crippen LogP contribution in [-0.2, 0) is 4.79 Å². The Balaban J connectivity index is 3.83. The van der Waals surface area contributed by atoms with Crippen LogP contribution in [0, 0.1) is 0 Å². The molecular formula is C7H11BrF3NO. The summed E-state index contributed by atoms with van der Waals surface area (Å²) in [7, 11) is 1.37. The number of rotatable bonds is 4. The molecule has 0 radical (unpaired) electrons. The van der Waals surface area contributed by atoms with Gasteiger partial charge in [0.15, 0.2) is 0 Å². The fourth-order valence-corrected chi connectivity index (χ4v) is 0.979. The minimum absolute atomic E-state index is 0.347. The van der Waals surface area contributed by atoms with Crippen LogP contribution < -0.4 is 0 Å². The van der Waals surface area contributed by atoms with Gasteiger partial charge in [-0.3, -0.25) is 4.79 Å². The Labute approximate surface area is 83.2 Å². The normalized spacial score (nSPS) is 11.5. The molecule has 0 aliphatic heterocycles. The zero-order valence-electron chi connectivity index (χ0n) is 7.20. The molecule has 0 bridgehead atoms.